The first-order valence-electron chi connectivity index (χ1n) is 6.48. The summed E-state index contributed by atoms with van der Waals surface area (Å²) in [6.07, 6.45) is 0. The molecule has 0 aromatic heterocycles. The van der Waals surface area contributed by atoms with E-state index in [2.05, 4.69) is 5.32 Å². The number of nitrogens with one attached hydrogen (secondary N) is 1. The Bertz CT molecular complexity index is 794. The van der Waals surface area contributed by atoms with Crippen LogP contribution in [0.3, 0.4) is 0 Å². The first-order chi connectivity index (χ1) is 11.4. The molecule has 24 heavy (non-hydrogen) atoms. The zero-order chi connectivity index (χ0) is 17.7. The predicted molar refractivity (Wildman–Crippen MR) is 85.3 cm³/mol. The molecule has 124 valence electrons. The molecule has 0 spiro atoms. The largest absolute Gasteiger partial charge is 0.477 e. The molecule has 2 aromatic carbocycles. The number of rotatable bonds is 6. The lowest BCUT2D eigenvalue weighted by Gasteiger charge is -2.08. The fourth-order valence-corrected chi connectivity index (χ4v) is 1.93. The molecule has 1 amide bonds. The van der Waals surface area contributed by atoms with E-state index in [1.807, 2.05) is 0 Å². The highest BCUT2D eigenvalue weighted by atomic mass is 35.5. The molecule has 0 radical (unpaired) electrons. The molecule has 0 aliphatic rings. The number of benzene rings is 2. The van der Waals surface area contributed by atoms with Gasteiger partial charge in [0.1, 0.15) is 0 Å². The Morgan fingerprint density at radius 3 is 2.33 bits per heavy atom. The van der Waals surface area contributed by atoms with Crippen molar-refractivity contribution in [2.24, 2.45) is 0 Å². The lowest BCUT2D eigenvalue weighted by Crippen LogP contribution is -2.20. The molecule has 0 unspecified atom stereocenters. The number of non-ortho nitro benzene ring substituents is 1. The SMILES string of the molecule is O=C(COc1ccc(Cl)cc1[N+](=O)[O-])Nc1ccc([N+](=O)[O-])cc1. The Hall–Kier alpha value is -3.20. The maximum atomic E-state index is 11.8. The highest BCUT2D eigenvalue weighted by Crippen LogP contribution is 2.29. The zero-order valence-electron chi connectivity index (χ0n) is 12.0. The molecular formula is C14H10ClN3O6. The van der Waals surface area contributed by atoms with Crippen LogP contribution in [0.2, 0.25) is 5.02 Å². The van der Waals surface area contributed by atoms with E-state index >= 15 is 0 Å². The first-order valence-corrected chi connectivity index (χ1v) is 6.85. The van der Waals surface area contributed by atoms with Gasteiger partial charge in [0.05, 0.1) is 9.85 Å². The van der Waals surface area contributed by atoms with Gasteiger partial charge in [0.25, 0.3) is 11.6 Å². The average Bonchev–Trinajstić information content (AvgIpc) is 2.54. The van der Waals surface area contributed by atoms with E-state index in [1.54, 1.807) is 0 Å². The molecule has 1 N–H and O–H groups in total. The number of halogens is 1. The molecule has 0 aliphatic heterocycles. The van der Waals surface area contributed by atoms with Gasteiger partial charge in [-0.15, -0.1) is 0 Å². The monoisotopic (exact) mass is 351 g/mol. The van der Waals surface area contributed by atoms with Crippen LogP contribution in [0.4, 0.5) is 17.1 Å². The van der Waals surface area contributed by atoms with Crippen LogP contribution in [0.1, 0.15) is 0 Å². The molecule has 2 aromatic rings. The minimum absolute atomic E-state index is 0.0942. The number of carbonyl (C=O) groups is 1. The van der Waals surface area contributed by atoms with E-state index in [0.29, 0.717) is 5.69 Å². The van der Waals surface area contributed by atoms with Gasteiger partial charge in [-0.25, -0.2) is 0 Å². The quantitative estimate of drug-likeness (QED) is 0.629. The van der Waals surface area contributed by atoms with Crippen LogP contribution in [0.25, 0.3) is 0 Å². The number of nitro benzene ring substituents is 2. The second-order valence-electron chi connectivity index (χ2n) is 4.51. The summed E-state index contributed by atoms with van der Waals surface area (Å²) in [6, 6.07) is 9.01. The summed E-state index contributed by atoms with van der Waals surface area (Å²) in [5.74, 6) is -0.670. The summed E-state index contributed by atoms with van der Waals surface area (Å²) in [4.78, 5) is 32.0. The third-order valence-electron chi connectivity index (χ3n) is 2.84. The van der Waals surface area contributed by atoms with Gasteiger partial charge in [0, 0.05) is 28.9 Å². The number of ether oxygens (including phenoxy) is 1. The van der Waals surface area contributed by atoms with Crippen molar-refractivity contribution in [1.82, 2.24) is 0 Å². The normalized spacial score (nSPS) is 10.0. The van der Waals surface area contributed by atoms with Crippen molar-refractivity contribution in [3.05, 3.63) is 67.7 Å². The van der Waals surface area contributed by atoms with Crippen LogP contribution >= 0.6 is 11.6 Å². The lowest BCUT2D eigenvalue weighted by molar-refractivity contribution is -0.385. The summed E-state index contributed by atoms with van der Waals surface area (Å²) >= 11 is 5.68. The zero-order valence-corrected chi connectivity index (χ0v) is 12.7. The van der Waals surface area contributed by atoms with Gasteiger partial charge in [-0.1, -0.05) is 11.6 Å². The topological polar surface area (TPSA) is 125 Å². The molecular weight excluding hydrogens is 342 g/mol. The van der Waals surface area contributed by atoms with Crippen LogP contribution in [-0.4, -0.2) is 22.4 Å². The minimum Gasteiger partial charge on any atom is -0.477 e. The van der Waals surface area contributed by atoms with Gasteiger partial charge in [0.15, 0.2) is 12.4 Å². The summed E-state index contributed by atoms with van der Waals surface area (Å²) in [7, 11) is 0. The van der Waals surface area contributed by atoms with Gasteiger partial charge in [-0.3, -0.25) is 25.0 Å². The van der Waals surface area contributed by atoms with Crippen molar-refractivity contribution < 1.29 is 19.4 Å². The summed E-state index contributed by atoms with van der Waals surface area (Å²) in [5, 5.41) is 24.1. The summed E-state index contributed by atoms with van der Waals surface area (Å²) in [5.41, 5.74) is -0.133. The molecule has 9 nitrogen and oxygen atoms in total. The standard InChI is InChI=1S/C14H10ClN3O6/c15-9-1-6-13(12(7-9)18(22)23)24-8-14(19)16-10-2-4-11(5-3-10)17(20)21/h1-7H,8H2,(H,16,19). The molecule has 0 saturated heterocycles. The van der Waals surface area contributed by atoms with E-state index in [0.717, 1.165) is 6.07 Å². The fraction of sp³-hybridized carbons (Fsp3) is 0.0714. The van der Waals surface area contributed by atoms with Crippen molar-refractivity contribution in [2.75, 3.05) is 11.9 Å². The van der Waals surface area contributed by atoms with E-state index < -0.39 is 22.4 Å². The van der Waals surface area contributed by atoms with Gasteiger partial charge in [-0.2, -0.15) is 0 Å². The highest BCUT2D eigenvalue weighted by Gasteiger charge is 2.17. The van der Waals surface area contributed by atoms with E-state index in [4.69, 9.17) is 16.3 Å². The van der Waals surface area contributed by atoms with Crippen LogP contribution < -0.4 is 10.1 Å². The van der Waals surface area contributed by atoms with Crippen molar-refractivity contribution in [2.45, 2.75) is 0 Å². The van der Waals surface area contributed by atoms with Crippen LogP contribution in [0, 0.1) is 20.2 Å². The van der Waals surface area contributed by atoms with Gasteiger partial charge in [-0.05, 0) is 24.3 Å². The smallest absolute Gasteiger partial charge is 0.312 e. The Kier molecular flexibility index (Phi) is 5.27. The van der Waals surface area contributed by atoms with E-state index in [1.165, 1.54) is 36.4 Å². The average molecular weight is 352 g/mol. The summed E-state index contributed by atoms with van der Waals surface area (Å²) < 4.78 is 5.13. The van der Waals surface area contributed by atoms with Gasteiger partial charge in [0.2, 0.25) is 0 Å². The molecule has 2 rings (SSSR count). The molecule has 0 heterocycles. The summed E-state index contributed by atoms with van der Waals surface area (Å²) in [6.45, 7) is -0.473. The van der Waals surface area contributed by atoms with Crippen molar-refractivity contribution in [3.63, 3.8) is 0 Å². The highest BCUT2D eigenvalue weighted by molar-refractivity contribution is 6.30. The molecule has 0 atom stereocenters. The number of carbonyl (C=O) groups excluding carboxylic acids is 1. The number of amides is 1. The van der Waals surface area contributed by atoms with Crippen molar-refractivity contribution >= 4 is 34.6 Å². The van der Waals surface area contributed by atoms with Crippen LogP contribution in [-0.2, 0) is 4.79 Å². The number of hydrogen-bond acceptors (Lipinski definition) is 6. The van der Waals surface area contributed by atoms with Crippen LogP contribution in [0.15, 0.2) is 42.5 Å². The number of nitro groups is 2. The molecule has 10 heteroatoms. The molecule has 0 bridgehead atoms. The van der Waals surface area contributed by atoms with Gasteiger partial charge >= 0.3 is 5.69 Å². The third-order valence-corrected chi connectivity index (χ3v) is 3.07. The Labute approximate surface area is 140 Å². The maximum absolute atomic E-state index is 11.8. The second kappa shape index (κ2) is 7.38. The van der Waals surface area contributed by atoms with E-state index in [9.17, 15) is 25.0 Å². The number of nitrogens with zero attached hydrogens (tertiary/aromatic N) is 2. The Morgan fingerprint density at radius 1 is 1.08 bits per heavy atom. The third kappa shape index (κ3) is 4.40. The predicted octanol–water partition coefficient (Wildman–Crippen LogP) is 3.17. The van der Waals surface area contributed by atoms with Crippen molar-refractivity contribution in [1.29, 1.82) is 0 Å². The van der Waals surface area contributed by atoms with Crippen molar-refractivity contribution in [3.8, 4) is 5.75 Å². The molecule has 0 saturated carbocycles. The molecule has 0 fully saturated rings. The Morgan fingerprint density at radius 2 is 1.75 bits per heavy atom. The van der Waals surface area contributed by atoms with E-state index in [-0.39, 0.29) is 22.1 Å². The Balaban J connectivity index is 1.98. The second-order valence-corrected chi connectivity index (χ2v) is 4.95. The fourth-order valence-electron chi connectivity index (χ4n) is 1.76. The minimum atomic E-state index is -0.671. The maximum Gasteiger partial charge on any atom is 0.312 e. The molecule has 0 aliphatic carbocycles. The van der Waals surface area contributed by atoms with Gasteiger partial charge < -0.3 is 10.1 Å². The first kappa shape index (κ1) is 17.2. The number of anilines is 1. The lowest BCUT2D eigenvalue weighted by atomic mass is 10.3. The van der Waals surface area contributed by atoms with Crippen LogP contribution in [0.5, 0.6) is 5.75 Å². The number of hydrogen-bond donors (Lipinski definition) is 1.